The van der Waals surface area contributed by atoms with Crippen molar-refractivity contribution < 1.29 is 14.3 Å². The first-order chi connectivity index (χ1) is 11.2. The van der Waals surface area contributed by atoms with Crippen LogP contribution >= 0.6 is 0 Å². The van der Waals surface area contributed by atoms with Crippen molar-refractivity contribution in [3.63, 3.8) is 0 Å². The van der Waals surface area contributed by atoms with Crippen molar-refractivity contribution in [1.29, 1.82) is 0 Å². The summed E-state index contributed by atoms with van der Waals surface area (Å²) < 4.78 is 12.1. The molecule has 0 saturated heterocycles. The van der Waals surface area contributed by atoms with Gasteiger partial charge in [0.25, 0.3) is 0 Å². The van der Waals surface area contributed by atoms with Crippen molar-refractivity contribution in [2.45, 2.75) is 45.6 Å². The highest BCUT2D eigenvalue weighted by molar-refractivity contribution is 5.84. The summed E-state index contributed by atoms with van der Waals surface area (Å²) >= 11 is 0. The molecule has 0 aromatic heterocycles. The third kappa shape index (κ3) is 3.24. The minimum atomic E-state index is 0.145. The molecule has 2 aromatic rings. The first kappa shape index (κ1) is 15.6. The monoisotopic (exact) mass is 310 g/mol. The second-order valence-corrected chi connectivity index (χ2v) is 5.97. The van der Waals surface area contributed by atoms with E-state index < -0.39 is 0 Å². The van der Waals surface area contributed by atoms with Gasteiger partial charge in [0.1, 0.15) is 17.2 Å². The van der Waals surface area contributed by atoms with E-state index in [9.17, 15) is 4.79 Å². The van der Waals surface area contributed by atoms with Crippen molar-refractivity contribution in [2.24, 2.45) is 0 Å². The maximum Gasteiger partial charge on any atom is 0.154 e. The minimum absolute atomic E-state index is 0.145. The van der Waals surface area contributed by atoms with E-state index in [2.05, 4.69) is 13.8 Å². The Bertz CT molecular complexity index is 692. The van der Waals surface area contributed by atoms with E-state index in [1.807, 2.05) is 36.4 Å². The van der Waals surface area contributed by atoms with Crippen LogP contribution < -0.4 is 9.47 Å². The summed E-state index contributed by atoms with van der Waals surface area (Å²) in [6.07, 6.45) is 4.93. The highest BCUT2D eigenvalue weighted by Crippen LogP contribution is 2.40. The lowest BCUT2D eigenvalue weighted by molar-refractivity contribution is 0.112. The van der Waals surface area contributed by atoms with E-state index in [0.29, 0.717) is 11.3 Å². The molecule has 1 aliphatic carbocycles. The molecule has 0 heterocycles. The van der Waals surface area contributed by atoms with Crippen molar-refractivity contribution in [3.8, 4) is 17.2 Å². The summed E-state index contributed by atoms with van der Waals surface area (Å²) in [4.78, 5) is 11.6. The molecule has 0 N–H and O–H groups in total. The van der Waals surface area contributed by atoms with E-state index in [1.54, 1.807) is 0 Å². The molecule has 0 aliphatic heterocycles. The van der Waals surface area contributed by atoms with Crippen LogP contribution in [0, 0.1) is 0 Å². The van der Waals surface area contributed by atoms with Gasteiger partial charge in [-0.15, -0.1) is 0 Å². The summed E-state index contributed by atoms with van der Waals surface area (Å²) in [7, 11) is 0. The van der Waals surface area contributed by atoms with E-state index in [-0.39, 0.29) is 6.10 Å². The second kappa shape index (κ2) is 6.86. The van der Waals surface area contributed by atoms with E-state index in [0.717, 1.165) is 49.0 Å². The fraction of sp³-hybridized carbons (Fsp3) is 0.350. The second-order valence-electron chi connectivity index (χ2n) is 5.97. The van der Waals surface area contributed by atoms with Crippen LogP contribution in [0.5, 0.6) is 17.2 Å². The maximum atomic E-state index is 11.6. The van der Waals surface area contributed by atoms with Crippen LogP contribution in [0.15, 0.2) is 36.4 Å². The summed E-state index contributed by atoms with van der Waals surface area (Å²) in [6.45, 7) is 4.17. The average Bonchev–Trinajstić information content (AvgIpc) is 3.05. The van der Waals surface area contributed by atoms with Crippen LogP contribution in [-0.2, 0) is 12.8 Å². The van der Waals surface area contributed by atoms with Crippen LogP contribution in [0.1, 0.15) is 48.2 Å². The lowest BCUT2D eigenvalue weighted by atomic mass is 10.0. The number of carbonyl (C=O) groups is 1. The predicted octanol–water partition coefficient (Wildman–Crippen LogP) is 4.96. The zero-order chi connectivity index (χ0) is 16.2. The normalized spacial score (nSPS) is 14.2. The molecule has 1 unspecified atom stereocenters. The van der Waals surface area contributed by atoms with Crippen molar-refractivity contribution >= 4 is 6.29 Å². The Morgan fingerprint density at radius 1 is 1.13 bits per heavy atom. The zero-order valence-corrected chi connectivity index (χ0v) is 13.7. The van der Waals surface area contributed by atoms with Gasteiger partial charge < -0.3 is 9.47 Å². The molecular formula is C20H22O3. The Kier molecular flexibility index (Phi) is 4.65. The molecule has 2 aromatic carbocycles. The van der Waals surface area contributed by atoms with Gasteiger partial charge in [-0.1, -0.05) is 25.1 Å². The third-order valence-corrected chi connectivity index (χ3v) is 4.36. The van der Waals surface area contributed by atoms with Gasteiger partial charge in [0.15, 0.2) is 6.29 Å². The molecule has 1 atom stereocenters. The van der Waals surface area contributed by atoms with E-state index >= 15 is 0 Å². The summed E-state index contributed by atoms with van der Waals surface area (Å²) in [6, 6.07) is 11.4. The molecule has 1 aliphatic rings. The maximum absolute atomic E-state index is 11.6. The fourth-order valence-corrected chi connectivity index (χ4v) is 2.98. The Morgan fingerprint density at radius 2 is 1.87 bits per heavy atom. The average molecular weight is 310 g/mol. The Hall–Kier alpha value is -2.29. The molecule has 0 radical (unpaired) electrons. The summed E-state index contributed by atoms with van der Waals surface area (Å²) in [5, 5.41) is 0. The van der Waals surface area contributed by atoms with Crippen LogP contribution in [0.3, 0.4) is 0 Å². The Labute approximate surface area is 137 Å². The van der Waals surface area contributed by atoms with Crippen molar-refractivity contribution in [2.75, 3.05) is 0 Å². The van der Waals surface area contributed by atoms with E-state index in [4.69, 9.17) is 9.47 Å². The molecule has 0 fully saturated rings. The van der Waals surface area contributed by atoms with Gasteiger partial charge in [-0.05, 0) is 55.9 Å². The number of benzene rings is 2. The first-order valence-electron chi connectivity index (χ1n) is 8.26. The van der Waals surface area contributed by atoms with Crippen LogP contribution in [-0.4, -0.2) is 12.4 Å². The molecule has 0 amide bonds. The molecule has 3 heteroatoms. The van der Waals surface area contributed by atoms with E-state index in [1.165, 1.54) is 5.56 Å². The topological polar surface area (TPSA) is 35.5 Å². The zero-order valence-electron chi connectivity index (χ0n) is 13.7. The van der Waals surface area contributed by atoms with Gasteiger partial charge in [-0.2, -0.15) is 0 Å². The van der Waals surface area contributed by atoms with Gasteiger partial charge in [0.05, 0.1) is 11.7 Å². The number of rotatable bonds is 6. The highest BCUT2D eigenvalue weighted by atomic mass is 16.5. The number of aldehydes is 1. The number of carbonyl (C=O) groups excluding carboxylic acids is 1. The van der Waals surface area contributed by atoms with Gasteiger partial charge in [0, 0.05) is 6.07 Å². The summed E-state index contributed by atoms with van der Waals surface area (Å²) in [5.74, 6) is 2.18. The molecule has 23 heavy (non-hydrogen) atoms. The highest BCUT2D eigenvalue weighted by Gasteiger charge is 2.24. The number of hydrogen-bond acceptors (Lipinski definition) is 3. The van der Waals surface area contributed by atoms with Gasteiger partial charge in [-0.25, -0.2) is 0 Å². The third-order valence-electron chi connectivity index (χ3n) is 4.36. The largest absolute Gasteiger partial charge is 0.490 e. The molecule has 0 saturated carbocycles. The molecular weight excluding hydrogens is 288 g/mol. The number of fused-ring (bicyclic) bond motifs is 1. The summed E-state index contributed by atoms with van der Waals surface area (Å²) in [5.41, 5.74) is 2.93. The molecule has 3 nitrogen and oxygen atoms in total. The van der Waals surface area contributed by atoms with Crippen LogP contribution in [0.25, 0.3) is 0 Å². The number of para-hydroxylation sites is 1. The predicted molar refractivity (Wildman–Crippen MR) is 90.8 cm³/mol. The molecule has 120 valence electrons. The lowest BCUT2D eigenvalue weighted by Gasteiger charge is -2.19. The lowest BCUT2D eigenvalue weighted by Crippen LogP contribution is -2.12. The molecule has 0 bridgehead atoms. The standard InChI is InChI=1S/C20H22O3/c1-3-14(2)22-19-12-20(23-15-8-5-4-6-9-15)18(13-21)16-10-7-11-17(16)19/h4-6,8-9,12-14H,3,7,10-11H2,1-2H3. The first-order valence-corrected chi connectivity index (χ1v) is 8.26. The SMILES string of the molecule is CCC(C)Oc1cc(Oc2ccccc2)c(C=O)c2c1CCC2. The Morgan fingerprint density at radius 3 is 2.57 bits per heavy atom. The molecule has 0 spiro atoms. The fourth-order valence-electron chi connectivity index (χ4n) is 2.98. The number of ether oxygens (including phenoxy) is 2. The van der Waals surface area contributed by atoms with Crippen molar-refractivity contribution in [1.82, 2.24) is 0 Å². The quantitative estimate of drug-likeness (QED) is 0.708. The van der Waals surface area contributed by atoms with Crippen LogP contribution in [0.4, 0.5) is 0 Å². The van der Waals surface area contributed by atoms with Gasteiger partial charge in [0.2, 0.25) is 0 Å². The smallest absolute Gasteiger partial charge is 0.154 e. The van der Waals surface area contributed by atoms with Gasteiger partial charge in [-0.3, -0.25) is 4.79 Å². The Balaban J connectivity index is 2.03. The minimum Gasteiger partial charge on any atom is -0.490 e. The van der Waals surface area contributed by atoms with Crippen molar-refractivity contribution in [3.05, 3.63) is 53.1 Å². The number of hydrogen-bond donors (Lipinski definition) is 0. The molecule has 3 rings (SSSR count). The van der Waals surface area contributed by atoms with Crippen LogP contribution in [0.2, 0.25) is 0 Å². The van der Waals surface area contributed by atoms with Gasteiger partial charge >= 0.3 is 0 Å².